The average molecular weight is 345 g/mol. The van der Waals surface area contributed by atoms with Gasteiger partial charge in [0.15, 0.2) is 0 Å². The third-order valence-corrected chi connectivity index (χ3v) is 5.35. The van der Waals surface area contributed by atoms with E-state index in [1.165, 1.54) is 17.7 Å². The fraction of sp³-hybridized carbons (Fsp3) is 0.400. The van der Waals surface area contributed by atoms with Crippen LogP contribution in [0.15, 0.2) is 48.5 Å². The first-order chi connectivity index (χ1) is 12.0. The van der Waals surface area contributed by atoms with Crippen LogP contribution in [0.4, 0.5) is 8.78 Å². The SMILES string of the molecule is OC1(c2ccc(F)cc2F)CC2COCC(C1)N2Cc1ccccc1. The van der Waals surface area contributed by atoms with Crippen molar-refractivity contribution in [2.75, 3.05) is 13.2 Å². The zero-order valence-electron chi connectivity index (χ0n) is 13.9. The van der Waals surface area contributed by atoms with Gasteiger partial charge < -0.3 is 9.84 Å². The molecule has 4 rings (SSSR count). The van der Waals surface area contributed by atoms with E-state index >= 15 is 0 Å². The number of halogens is 2. The van der Waals surface area contributed by atoms with Gasteiger partial charge in [-0.05, 0) is 24.5 Å². The minimum Gasteiger partial charge on any atom is -0.385 e. The van der Waals surface area contributed by atoms with E-state index in [9.17, 15) is 13.9 Å². The van der Waals surface area contributed by atoms with E-state index in [0.29, 0.717) is 26.1 Å². The number of aliphatic hydroxyl groups is 1. The monoisotopic (exact) mass is 345 g/mol. The summed E-state index contributed by atoms with van der Waals surface area (Å²) < 4.78 is 33.2. The van der Waals surface area contributed by atoms with Crippen molar-refractivity contribution in [2.45, 2.75) is 37.1 Å². The Morgan fingerprint density at radius 1 is 1.04 bits per heavy atom. The predicted molar refractivity (Wildman–Crippen MR) is 89.9 cm³/mol. The lowest BCUT2D eigenvalue weighted by molar-refractivity contribution is -0.150. The molecule has 2 aliphatic rings. The van der Waals surface area contributed by atoms with E-state index in [1.807, 2.05) is 18.2 Å². The Morgan fingerprint density at radius 2 is 1.72 bits per heavy atom. The molecule has 1 N–H and O–H groups in total. The highest BCUT2D eigenvalue weighted by Gasteiger charge is 2.47. The molecule has 0 radical (unpaired) electrons. The molecule has 2 heterocycles. The standard InChI is InChI=1S/C20H21F2NO2/c21-15-6-7-18(19(22)8-15)20(24)9-16-12-25-13-17(10-20)23(16)11-14-4-2-1-3-5-14/h1-8,16-17,24H,9-13H2. The van der Waals surface area contributed by atoms with Gasteiger partial charge in [0.1, 0.15) is 11.6 Å². The normalized spacial score (nSPS) is 29.6. The Hall–Kier alpha value is -1.82. The fourth-order valence-electron chi connectivity index (χ4n) is 4.18. The van der Waals surface area contributed by atoms with Crippen LogP contribution >= 0.6 is 0 Å². The van der Waals surface area contributed by atoms with Crippen LogP contribution < -0.4 is 0 Å². The summed E-state index contributed by atoms with van der Waals surface area (Å²) >= 11 is 0. The number of morpholine rings is 1. The molecule has 2 saturated heterocycles. The van der Waals surface area contributed by atoms with E-state index in [4.69, 9.17) is 4.74 Å². The number of ether oxygens (including phenoxy) is 1. The van der Waals surface area contributed by atoms with Crippen molar-refractivity contribution in [1.82, 2.24) is 4.90 Å². The van der Waals surface area contributed by atoms with Crippen molar-refractivity contribution in [2.24, 2.45) is 0 Å². The molecule has 2 atom stereocenters. The highest BCUT2D eigenvalue weighted by Crippen LogP contribution is 2.42. The molecule has 3 nitrogen and oxygen atoms in total. The molecule has 132 valence electrons. The fourth-order valence-corrected chi connectivity index (χ4v) is 4.18. The van der Waals surface area contributed by atoms with Crippen LogP contribution in [0.5, 0.6) is 0 Å². The van der Waals surface area contributed by atoms with Crippen LogP contribution in [-0.4, -0.2) is 35.3 Å². The molecule has 2 aromatic carbocycles. The van der Waals surface area contributed by atoms with Gasteiger partial charge >= 0.3 is 0 Å². The molecule has 2 fully saturated rings. The second-order valence-corrected chi connectivity index (χ2v) is 7.07. The zero-order valence-corrected chi connectivity index (χ0v) is 13.9. The van der Waals surface area contributed by atoms with Crippen molar-refractivity contribution in [3.63, 3.8) is 0 Å². The summed E-state index contributed by atoms with van der Waals surface area (Å²) in [6.07, 6.45) is 0.748. The second kappa shape index (κ2) is 6.48. The lowest BCUT2D eigenvalue weighted by atomic mass is 9.76. The van der Waals surface area contributed by atoms with Crippen LogP contribution in [-0.2, 0) is 16.9 Å². The van der Waals surface area contributed by atoms with Gasteiger partial charge in [0.2, 0.25) is 0 Å². The summed E-state index contributed by atoms with van der Waals surface area (Å²) in [7, 11) is 0. The molecule has 2 unspecified atom stereocenters. The maximum Gasteiger partial charge on any atom is 0.132 e. The summed E-state index contributed by atoms with van der Waals surface area (Å²) in [6.45, 7) is 1.80. The lowest BCUT2D eigenvalue weighted by Crippen LogP contribution is -2.60. The van der Waals surface area contributed by atoms with Crippen LogP contribution in [0, 0.1) is 11.6 Å². The molecular formula is C20H21F2NO2. The van der Waals surface area contributed by atoms with Crippen LogP contribution in [0.25, 0.3) is 0 Å². The maximum absolute atomic E-state index is 14.3. The number of rotatable bonds is 3. The van der Waals surface area contributed by atoms with Crippen molar-refractivity contribution in [3.8, 4) is 0 Å². The van der Waals surface area contributed by atoms with Crippen molar-refractivity contribution < 1.29 is 18.6 Å². The molecular weight excluding hydrogens is 324 g/mol. The Morgan fingerprint density at radius 3 is 2.36 bits per heavy atom. The number of benzene rings is 2. The molecule has 2 aliphatic heterocycles. The van der Waals surface area contributed by atoms with Gasteiger partial charge in [0.05, 0.1) is 18.8 Å². The van der Waals surface area contributed by atoms with Crippen molar-refractivity contribution in [1.29, 1.82) is 0 Å². The first-order valence-corrected chi connectivity index (χ1v) is 8.60. The maximum atomic E-state index is 14.3. The van der Waals surface area contributed by atoms with E-state index in [0.717, 1.165) is 12.6 Å². The third kappa shape index (κ3) is 3.19. The van der Waals surface area contributed by atoms with E-state index < -0.39 is 17.2 Å². The molecule has 2 aromatic rings. The Kier molecular flexibility index (Phi) is 4.31. The van der Waals surface area contributed by atoms with Gasteiger partial charge in [-0.3, -0.25) is 4.90 Å². The number of hydrogen-bond donors (Lipinski definition) is 1. The van der Waals surface area contributed by atoms with E-state index in [2.05, 4.69) is 17.0 Å². The highest BCUT2D eigenvalue weighted by atomic mass is 19.1. The van der Waals surface area contributed by atoms with Gasteiger partial charge in [-0.1, -0.05) is 36.4 Å². The van der Waals surface area contributed by atoms with Crippen LogP contribution in [0.1, 0.15) is 24.0 Å². The van der Waals surface area contributed by atoms with Crippen molar-refractivity contribution in [3.05, 3.63) is 71.3 Å². The average Bonchev–Trinajstić information content (AvgIpc) is 2.57. The minimum absolute atomic E-state index is 0.00200. The largest absolute Gasteiger partial charge is 0.385 e. The summed E-state index contributed by atoms with van der Waals surface area (Å²) in [4.78, 5) is 2.34. The van der Waals surface area contributed by atoms with Gasteiger partial charge in [0, 0.05) is 30.3 Å². The molecule has 0 aromatic heterocycles. The van der Waals surface area contributed by atoms with Crippen LogP contribution in [0.3, 0.4) is 0 Å². The number of hydrogen-bond acceptors (Lipinski definition) is 3. The Balaban J connectivity index is 1.60. The Labute approximate surface area is 145 Å². The summed E-state index contributed by atoms with van der Waals surface area (Å²) in [6, 6.07) is 13.6. The Bertz CT molecular complexity index is 739. The van der Waals surface area contributed by atoms with Crippen LogP contribution in [0.2, 0.25) is 0 Å². The number of nitrogens with zero attached hydrogens (tertiary/aromatic N) is 1. The third-order valence-electron chi connectivity index (χ3n) is 5.35. The second-order valence-electron chi connectivity index (χ2n) is 7.07. The van der Waals surface area contributed by atoms with Gasteiger partial charge in [-0.2, -0.15) is 0 Å². The molecule has 2 bridgehead atoms. The summed E-state index contributed by atoms with van der Waals surface area (Å²) in [5, 5.41) is 11.2. The first-order valence-electron chi connectivity index (χ1n) is 8.60. The smallest absolute Gasteiger partial charge is 0.132 e. The molecule has 0 amide bonds. The molecule has 25 heavy (non-hydrogen) atoms. The van der Waals surface area contributed by atoms with Gasteiger partial charge in [-0.15, -0.1) is 0 Å². The zero-order chi connectivity index (χ0) is 17.4. The quantitative estimate of drug-likeness (QED) is 0.927. The predicted octanol–water partition coefficient (Wildman–Crippen LogP) is 3.22. The lowest BCUT2D eigenvalue weighted by Gasteiger charge is -2.51. The number of fused-ring (bicyclic) bond motifs is 2. The van der Waals surface area contributed by atoms with E-state index in [-0.39, 0.29) is 17.6 Å². The molecule has 0 aliphatic carbocycles. The minimum atomic E-state index is -1.29. The molecule has 0 spiro atoms. The van der Waals surface area contributed by atoms with Crippen molar-refractivity contribution >= 4 is 0 Å². The molecule has 0 saturated carbocycles. The van der Waals surface area contributed by atoms with Gasteiger partial charge in [0.25, 0.3) is 0 Å². The number of piperidine rings is 1. The first kappa shape index (κ1) is 16.6. The summed E-state index contributed by atoms with van der Waals surface area (Å²) in [5.41, 5.74) is 0.104. The van der Waals surface area contributed by atoms with Gasteiger partial charge in [-0.25, -0.2) is 8.78 Å². The highest BCUT2D eigenvalue weighted by molar-refractivity contribution is 5.27. The summed E-state index contributed by atoms with van der Waals surface area (Å²) in [5.74, 6) is -1.31. The topological polar surface area (TPSA) is 32.7 Å². The molecule has 5 heteroatoms. The van der Waals surface area contributed by atoms with E-state index in [1.54, 1.807) is 0 Å².